The van der Waals surface area contributed by atoms with Gasteiger partial charge in [-0.15, -0.1) is 11.8 Å². The van der Waals surface area contributed by atoms with Crippen LogP contribution in [0.5, 0.6) is 5.75 Å². The molecule has 2 rings (SSSR count). The number of halogens is 1. The van der Waals surface area contributed by atoms with E-state index >= 15 is 0 Å². The molecule has 0 unspecified atom stereocenters. The smallest absolute Gasteiger partial charge is 0.335 e. The van der Waals surface area contributed by atoms with Crippen molar-refractivity contribution in [2.45, 2.75) is 11.5 Å². The van der Waals surface area contributed by atoms with E-state index in [1.54, 1.807) is 30.0 Å². The first-order chi connectivity index (χ1) is 9.60. The highest BCUT2D eigenvalue weighted by atomic mass is 79.9. The number of rotatable bonds is 5. The van der Waals surface area contributed by atoms with Gasteiger partial charge in [0.1, 0.15) is 12.4 Å². The number of benzene rings is 2. The first-order valence-corrected chi connectivity index (χ1v) is 7.90. The Bertz CT molecular complexity index is 611. The van der Waals surface area contributed by atoms with Crippen molar-refractivity contribution in [2.75, 3.05) is 6.26 Å². The Morgan fingerprint density at radius 2 is 1.95 bits per heavy atom. The summed E-state index contributed by atoms with van der Waals surface area (Å²) in [6.07, 6.45) is 2.02. The Balaban J connectivity index is 2.04. The molecule has 0 atom stereocenters. The van der Waals surface area contributed by atoms with Crippen LogP contribution >= 0.6 is 27.7 Å². The molecule has 0 aliphatic heterocycles. The molecule has 20 heavy (non-hydrogen) atoms. The Hall–Kier alpha value is -1.46. The molecule has 1 N–H and O–H groups in total. The number of aromatic carboxylic acids is 1. The Morgan fingerprint density at radius 3 is 2.50 bits per heavy atom. The van der Waals surface area contributed by atoms with Crippen LogP contribution in [0.15, 0.2) is 51.8 Å². The molecular formula is C15H13BrO3S. The summed E-state index contributed by atoms with van der Waals surface area (Å²) in [5, 5.41) is 8.90. The van der Waals surface area contributed by atoms with Crippen molar-refractivity contribution in [1.29, 1.82) is 0 Å². The van der Waals surface area contributed by atoms with Gasteiger partial charge in [-0.25, -0.2) is 4.79 Å². The molecule has 3 nitrogen and oxygen atoms in total. The van der Waals surface area contributed by atoms with E-state index in [0.29, 0.717) is 6.61 Å². The highest BCUT2D eigenvalue weighted by Gasteiger charge is 2.07. The van der Waals surface area contributed by atoms with Gasteiger partial charge in [-0.3, -0.25) is 0 Å². The van der Waals surface area contributed by atoms with Gasteiger partial charge in [0.15, 0.2) is 0 Å². The minimum Gasteiger partial charge on any atom is -0.489 e. The van der Waals surface area contributed by atoms with Crippen LogP contribution in [0.1, 0.15) is 15.9 Å². The van der Waals surface area contributed by atoms with E-state index in [2.05, 4.69) is 15.9 Å². The first kappa shape index (κ1) is 14.9. The van der Waals surface area contributed by atoms with Gasteiger partial charge in [0.05, 0.1) is 5.56 Å². The number of hydrogen-bond donors (Lipinski definition) is 1. The third kappa shape index (κ3) is 3.77. The number of carboxylic acids is 1. The van der Waals surface area contributed by atoms with E-state index in [9.17, 15) is 4.79 Å². The monoisotopic (exact) mass is 352 g/mol. The molecule has 0 heterocycles. The lowest BCUT2D eigenvalue weighted by molar-refractivity contribution is 0.0696. The Kier molecular flexibility index (Phi) is 5.09. The molecule has 0 aliphatic rings. The van der Waals surface area contributed by atoms with Crippen molar-refractivity contribution in [3.63, 3.8) is 0 Å². The van der Waals surface area contributed by atoms with Gasteiger partial charge < -0.3 is 9.84 Å². The van der Waals surface area contributed by atoms with Crippen LogP contribution in [-0.2, 0) is 6.61 Å². The lowest BCUT2D eigenvalue weighted by Gasteiger charge is -2.09. The second-order valence-electron chi connectivity index (χ2n) is 4.08. The lowest BCUT2D eigenvalue weighted by Crippen LogP contribution is -2.00. The Morgan fingerprint density at radius 1 is 1.25 bits per heavy atom. The van der Waals surface area contributed by atoms with Crippen LogP contribution in [-0.4, -0.2) is 17.3 Å². The molecule has 0 spiro atoms. The van der Waals surface area contributed by atoms with Crippen LogP contribution in [0.25, 0.3) is 0 Å². The number of carboxylic acid groups (broad SMARTS) is 1. The fourth-order valence-electron chi connectivity index (χ4n) is 1.63. The summed E-state index contributed by atoms with van der Waals surface area (Å²) >= 11 is 5.05. The molecule has 0 bridgehead atoms. The van der Waals surface area contributed by atoms with Crippen LogP contribution in [0.2, 0.25) is 0 Å². The van der Waals surface area contributed by atoms with E-state index in [-0.39, 0.29) is 5.56 Å². The maximum Gasteiger partial charge on any atom is 0.335 e. The van der Waals surface area contributed by atoms with E-state index in [4.69, 9.17) is 9.84 Å². The van der Waals surface area contributed by atoms with E-state index < -0.39 is 5.97 Å². The van der Waals surface area contributed by atoms with Crippen LogP contribution in [0, 0.1) is 0 Å². The first-order valence-electron chi connectivity index (χ1n) is 5.88. The molecular weight excluding hydrogens is 340 g/mol. The van der Waals surface area contributed by atoms with E-state index in [1.165, 1.54) is 4.90 Å². The largest absolute Gasteiger partial charge is 0.489 e. The number of carbonyl (C=O) groups is 1. The highest BCUT2D eigenvalue weighted by Crippen LogP contribution is 2.23. The van der Waals surface area contributed by atoms with Crippen molar-refractivity contribution in [3.8, 4) is 5.75 Å². The standard InChI is InChI=1S/C15H13BrO3S/c1-20-13-6-4-12(5-7-13)19-9-11-3-2-10(15(17)18)8-14(11)16/h2-8H,9H2,1H3,(H,17,18). The van der Waals surface area contributed by atoms with Gasteiger partial charge in [0.25, 0.3) is 0 Å². The lowest BCUT2D eigenvalue weighted by atomic mass is 10.1. The van der Waals surface area contributed by atoms with Gasteiger partial charge >= 0.3 is 5.97 Å². The fraction of sp³-hybridized carbons (Fsp3) is 0.133. The molecule has 0 aromatic heterocycles. The second-order valence-corrected chi connectivity index (χ2v) is 5.81. The van der Waals surface area contributed by atoms with Crippen molar-refractivity contribution >= 4 is 33.7 Å². The summed E-state index contributed by atoms with van der Waals surface area (Å²) in [6, 6.07) is 12.8. The van der Waals surface area contributed by atoms with Crippen LogP contribution in [0.3, 0.4) is 0 Å². The van der Waals surface area contributed by atoms with Crippen LogP contribution < -0.4 is 4.74 Å². The molecule has 0 fully saturated rings. The van der Waals surface area contributed by atoms with Gasteiger partial charge in [-0.1, -0.05) is 22.0 Å². The summed E-state index contributed by atoms with van der Waals surface area (Å²) in [5.74, 6) is -0.150. The zero-order valence-electron chi connectivity index (χ0n) is 10.8. The topological polar surface area (TPSA) is 46.5 Å². The van der Waals surface area contributed by atoms with Crippen molar-refractivity contribution in [2.24, 2.45) is 0 Å². The number of thioether (sulfide) groups is 1. The predicted molar refractivity (Wildman–Crippen MR) is 83.7 cm³/mol. The zero-order chi connectivity index (χ0) is 14.5. The quantitative estimate of drug-likeness (QED) is 0.807. The van der Waals surface area contributed by atoms with Gasteiger partial charge in [0, 0.05) is 14.9 Å². The molecule has 0 saturated heterocycles. The fourth-order valence-corrected chi connectivity index (χ4v) is 2.53. The summed E-state index contributed by atoms with van der Waals surface area (Å²) in [5.41, 5.74) is 1.16. The molecule has 0 radical (unpaired) electrons. The second kappa shape index (κ2) is 6.81. The Labute approximate surface area is 130 Å². The van der Waals surface area contributed by atoms with Gasteiger partial charge in [-0.2, -0.15) is 0 Å². The SMILES string of the molecule is CSc1ccc(OCc2ccc(C(=O)O)cc2Br)cc1. The third-order valence-corrected chi connectivity index (χ3v) is 4.24. The number of hydrogen-bond acceptors (Lipinski definition) is 3. The maximum absolute atomic E-state index is 10.9. The molecule has 0 aliphatic carbocycles. The minimum atomic E-state index is -0.939. The predicted octanol–water partition coefficient (Wildman–Crippen LogP) is 4.45. The number of ether oxygens (including phenoxy) is 1. The average Bonchev–Trinajstić information content (AvgIpc) is 2.46. The molecule has 2 aromatic rings. The summed E-state index contributed by atoms with van der Waals surface area (Å²) < 4.78 is 6.42. The van der Waals surface area contributed by atoms with E-state index in [1.807, 2.05) is 30.5 Å². The van der Waals surface area contributed by atoms with Gasteiger partial charge in [-0.05, 0) is 42.7 Å². The highest BCUT2D eigenvalue weighted by molar-refractivity contribution is 9.10. The van der Waals surface area contributed by atoms with Crippen molar-refractivity contribution in [1.82, 2.24) is 0 Å². The molecule has 104 valence electrons. The molecule has 0 saturated carbocycles. The van der Waals surface area contributed by atoms with Crippen molar-refractivity contribution in [3.05, 3.63) is 58.1 Å². The summed E-state index contributed by atoms with van der Waals surface area (Å²) in [4.78, 5) is 12.0. The van der Waals surface area contributed by atoms with Crippen molar-refractivity contribution < 1.29 is 14.6 Å². The van der Waals surface area contributed by atoms with Crippen LogP contribution in [0.4, 0.5) is 0 Å². The minimum absolute atomic E-state index is 0.255. The normalized spacial score (nSPS) is 10.3. The molecule has 5 heteroatoms. The third-order valence-electron chi connectivity index (χ3n) is 2.75. The van der Waals surface area contributed by atoms with Gasteiger partial charge in [0.2, 0.25) is 0 Å². The average molecular weight is 353 g/mol. The molecule has 0 amide bonds. The summed E-state index contributed by atoms with van der Waals surface area (Å²) in [6.45, 7) is 0.388. The zero-order valence-corrected chi connectivity index (χ0v) is 13.2. The maximum atomic E-state index is 10.9. The summed E-state index contributed by atoms with van der Waals surface area (Å²) in [7, 11) is 0. The molecule has 2 aromatic carbocycles. The van der Waals surface area contributed by atoms with E-state index in [0.717, 1.165) is 15.8 Å².